The molecule has 4 nitrogen and oxygen atoms in total. The van der Waals surface area contributed by atoms with Gasteiger partial charge < -0.3 is 0 Å². The van der Waals surface area contributed by atoms with Crippen molar-refractivity contribution >= 4 is 79.5 Å². The zero-order valence-corrected chi connectivity index (χ0v) is 33.8. The molecule has 262 valence electrons. The standard InChI is InChI=1S/C44H36N4S5/c1-3-5-7-9-11-31-27-29-49-39(31)25-19-35-15-13-33(41-43(35)47-52-45-41)17-21-37-23-24-38(51-37)22-18-34-14-16-36(44-42(34)46-53-48-44)20-26-40-32(28-30-50-40)12-10-8-6-4-2/h13-16,23-24,27-30H,3-12H2,1-2H3. The first-order valence-electron chi connectivity index (χ1n) is 18.0. The molecule has 0 aliphatic heterocycles. The lowest BCUT2D eigenvalue weighted by atomic mass is 10.1. The molecule has 9 heteroatoms. The van der Waals surface area contributed by atoms with Crippen LogP contribution in [0.3, 0.4) is 0 Å². The smallest absolute Gasteiger partial charge is 0.121 e. The van der Waals surface area contributed by atoms with Crippen LogP contribution in [0.5, 0.6) is 0 Å². The summed E-state index contributed by atoms with van der Waals surface area (Å²) < 4.78 is 18.3. The summed E-state index contributed by atoms with van der Waals surface area (Å²) in [6.45, 7) is 4.49. The molecule has 0 unspecified atom stereocenters. The van der Waals surface area contributed by atoms with Crippen molar-refractivity contribution in [3.8, 4) is 47.4 Å². The molecule has 0 spiro atoms. The highest BCUT2D eigenvalue weighted by molar-refractivity contribution is 7.13. The molecule has 0 saturated carbocycles. The van der Waals surface area contributed by atoms with Crippen LogP contribution < -0.4 is 0 Å². The average Bonchev–Trinajstić information content (AvgIpc) is 4.03. The fourth-order valence-corrected chi connectivity index (χ4v) is 9.34. The summed E-state index contributed by atoms with van der Waals surface area (Å²) in [6.07, 6.45) is 12.2. The van der Waals surface area contributed by atoms with Crippen LogP contribution in [-0.2, 0) is 12.8 Å². The number of rotatable bonds is 10. The molecule has 5 heterocycles. The Balaban J connectivity index is 1.04. The number of hydrogen-bond acceptors (Lipinski definition) is 9. The Morgan fingerprint density at radius 1 is 0.434 bits per heavy atom. The maximum atomic E-state index is 4.58. The summed E-state index contributed by atoms with van der Waals surface area (Å²) in [5.74, 6) is 26.9. The monoisotopic (exact) mass is 780 g/mol. The lowest BCUT2D eigenvalue weighted by Gasteiger charge is -1.99. The van der Waals surface area contributed by atoms with Crippen molar-refractivity contribution < 1.29 is 0 Å². The summed E-state index contributed by atoms with van der Waals surface area (Å²) in [4.78, 5) is 4.15. The van der Waals surface area contributed by atoms with Crippen molar-refractivity contribution in [2.45, 2.75) is 78.1 Å². The molecule has 0 saturated heterocycles. The van der Waals surface area contributed by atoms with E-state index in [1.807, 2.05) is 36.4 Å². The summed E-state index contributed by atoms with van der Waals surface area (Å²) in [7, 11) is 0. The number of benzene rings is 2. The molecule has 0 aliphatic carbocycles. The van der Waals surface area contributed by atoms with Gasteiger partial charge in [-0.3, -0.25) is 0 Å². The summed E-state index contributed by atoms with van der Waals surface area (Å²) >= 11 is 7.38. The molecule has 0 fully saturated rings. The van der Waals surface area contributed by atoms with Crippen LogP contribution in [-0.4, -0.2) is 17.5 Å². The van der Waals surface area contributed by atoms with Gasteiger partial charge in [0.1, 0.15) is 22.1 Å². The van der Waals surface area contributed by atoms with Gasteiger partial charge in [-0.1, -0.05) is 99.7 Å². The lowest BCUT2D eigenvalue weighted by molar-refractivity contribution is 0.667. The molecule has 0 bridgehead atoms. The zero-order valence-electron chi connectivity index (χ0n) is 29.7. The second kappa shape index (κ2) is 18.4. The third-order valence-electron chi connectivity index (χ3n) is 8.79. The van der Waals surface area contributed by atoms with E-state index in [9.17, 15) is 0 Å². The van der Waals surface area contributed by atoms with Gasteiger partial charge in [0, 0.05) is 0 Å². The molecule has 7 rings (SSSR count). The van der Waals surface area contributed by atoms with Crippen molar-refractivity contribution in [1.29, 1.82) is 0 Å². The number of aromatic nitrogens is 4. The first-order valence-corrected chi connectivity index (χ1v) is 22.0. The second-order valence-corrected chi connectivity index (χ2v) is 16.6. The Kier molecular flexibility index (Phi) is 12.8. The van der Waals surface area contributed by atoms with E-state index in [2.05, 4.69) is 102 Å². The average molecular weight is 781 g/mol. The molecule has 2 aromatic carbocycles. The molecule has 53 heavy (non-hydrogen) atoms. The van der Waals surface area contributed by atoms with E-state index in [0.717, 1.165) is 76.7 Å². The van der Waals surface area contributed by atoms with Gasteiger partial charge in [0.05, 0.1) is 65.2 Å². The zero-order chi connectivity index (χ0) is 36.2. The third-order valence-corrected chi connectivity index (χ3v) is 12.5. The summed E-state index contributed by atoms with van der Waals surface area (Å²) in [6, 6.07) is 16.5. The van der Waals surface area contributed by atoms with Gasteiger partial charge in [0.15, 0.2) is 0 Å². The molecule has 7 aromatic rings. The third kappa shape index (κ3) is 9.33. The Hall–Kier alpha value is -4.58. The van der Waals surface area contributed by atoms with Crippen LogP contribution in [0.15, 0.2) is 59.3 Å². The maximum Gasteiger partial charge on any atom is 0.121 e. The highest BCUT2D eigenvalue weighted by atomic mass is 32.1. The van der Waals surface area contributed by atoms with Gasteiger partial charge in [0.2, 0.25) is 0 Å². The lowest BCUT2D eigenvalue weighted by Crippen LogP contribution is -1.87. The number of nitrogens with zero attached hydrogens (tertiary/aromatic N) is 4. The van der Waals surface area contributed by atoms with Crippen molar-refractivity contribution in [3.05, 3.63) is 112 Å². The molecule has 0 amide bonds. The van der Waals surface area contributed by atoms with Gasteiger partial charge in [-0.15, -0.1) is 34.0 Å². The van der Waals surface area contributed by atoms with E-state index >= 15 is 0 Å². The van der Waals surface area contributed by atoms with Crippen LogP contribution in [0.25, 0.3) is 22.1 Å². The predicted octanol–water partition coefficient (Wildman–Crippen LogP) is 11.7. The van der Waals surface area contributed by atoms with Crippen LogP contribution in [0.4, 0.5) is 0 Å². The number of unbranched alkanes of at least 4 members (excludes halogenated alkanes) is 6. The summed E-state index contributed by atoms with van der Waals surface area (Å²) in [5.41, 5.74) is 9.35. The SMILES string of the molecule is CCCCCCc1ccsc1C#Cc1ccc(C#Cc2ccc(C#Cc3ccc(C#Cc4sccc4CCCCCC)c4nsnc34)s2)c2nsnc12. The van der Waals surface area contributed by atoms with Crippen LogP contribution in [0.1, 0.15) is 118 Å². The van der Waals surface area contributed by atoms with Crippen molar-refractivity contribution in [2.75, 3.05) is 0 Å². The van der Waals surface area contributed by atoms with E-state index < -0.39 is 0 Å². The van der Waals surface area contributed by atoms with Crippen LogP contribution in [0, 0.1) is 47.4 Å². The van der Waals surface area contributed by atoms with Crippen molar-refractivity contribution in [1.82, 2.24) is 17.5 Å². The Morgan fingerprint density at radius 2 is 0.830 bits per heavy atom. The Labute approximate surface area is 332 Å². The molecular formula is C44H36N4S5. The molecule has 0 aliphatic rings. The first-order chi connectivity index (χ1) is 26.2. The molecule has 0 radical (unpaired) electrons. The minimum absolute atomic E-state index is 0.795. The minimum atomic E-state index is 0.795. The van der Waals surface area contributed by atoms with Gasteiger partial charge in [-0.25, -0.2) is 0 Å². The van der Waals surface area contributed by atoms with Crippen molar-refractivity contribution in [3.63, 3.8) is 0 Å². The highest BCUT2D eigenvalue weighted by Gasteiger charge is 2.11. The normalized spacial score (nSPS) is 10.6. The fourth-order valence-electron chi connectivity index (χ4n) is 5.88. The van der Waals surface area contributed by atoms with Gasteiger partial charge >= 0.3 is 0 Å². The van der Waals surface area contributed by atoms with E-state index in [-0.39, 0.29) is 0 Å². The highest BCUT2D eigenvalue weighted by Crippen LogP contribution is 2.25. The second-order valence-electron chi connectivity index (χ2n) is 12.6. The van der Waals surface area contributed by atoms with Crippen LogP contribution in [0.2, 0.25) is 0 Å². The van der Waals surface area contributed by atoms with Crippen molar-refractivity contribution in [2.24, 2.45) is 0 Å². The molecule has 5 aromatic heterocycles. The molecule has 0 atom stereocenters. The Morgan fingerprint density at radius 3 is 1.23 bits per heavy atom. The fraction of sp³-hybridized carbons (Fsp3) is 0.273. The van der Waals surface area contributed by atoms with E-state index in [1.165, 1.54) is 85.9 Å². The van der Waals surface area contributed by atoms with E-state index in [4.69, 9.17) is 0 Å². The Bertz CT molecular complexity index is 2420. The van der Waals surface area contributed by atoms with Gasteiger partial charge in [-0.2, -0.15) is 17.5 Å². The number of thiophene rings is 3. The van der Waals surface area contributed by atoms with Crippen LogP contribution >= 0.6 is 57.5 Å². The minimum Gasteiger partial charge on any atom is -0.172 e. The number of hydrogen-bond donors (Lipinski definition) is 0. The van der Waals surface area contributed by atoms with E-state index in [0.29, 0.717) is 0 Å². The predicted molar refractivity (Wildman–Crippen MR) is 227 cm³/mol. The quantitative estimate of drug-likeness (QED) is 0.102. The summed E-state index contributed by atoms with van der Waals surface area (Å²) in [5, 5.41) is 4.28. The van der Waals surface area contributed by atoms with Gasteiger partial charge in [-0.05, 0) is 96.1 Å². The van der Waals surface area contributed by atoms with E-state index in [1.54, 1.807) is 34.0 Å². The number of fused-ring (bicyclic) bond motifs is 2. The molecular weight excluding hydrogens is 745 g/mol. The largest absolute Gasteiger partial charge is 0.172 e. The first kappa shape index (κ1) is 36.8. The number of aryl methyl sites for hydroxylation is 2. The molecule has 0 N–H and O–H groups in total. The maximum absolute atomic E-state index is 4.58. The topological polar surface area (TPSA) is 51.6 Å². The van der Waals surface area contributed by atoms with Gasteiger partial charge in [0.25, 0.3) is 0 Å².